The zero-order chi connectivity index (χ0) is 14.5. The number of hydrogen-bond donors (Lipinski definition) is 1. The molecule has 0 radical (unpaired) electrons. The lowest BCUT2D eigenvalue weighted by atomic mass is 10.3. The second kappa shape index (κ2) is 6.33. The summed E-state index contributed by atoms with van der Waals surface area (Å²) >= 11 is 1.07. The Bertz CT molecular complexity index is 685. The molecule has 7 heteroatoms. The van der Waals surface area contributed by atoms with Crippen molar-refractivity contribution in [3.8, 4) is 0 Å². The molecular formula is C13H13N3O3S. The minimum Gasteiger partial charge on any atom is -0.478 e. The quantitative estimate of drug-likeness (QED) is 0.905. The lowest BCUT2D eigenvalue weighted by molar-refractivity contribution is 0.0696. The summed E-state index contributed by atoms with van der Waals surface area (Å²) in [7, 11) is 0. The summed E-state index contributed by atoms with van der Waals surface area (Å²) < 4.78 is 1.58. The van der Waals surface area contributed by atoms with Crippen molar-refractivity contribution in [2.75, 3.05) is 0 Å². The average Bonchev–Trinajstić information content (AvgIpc) is 2.44. The Hall–Kier alpha value is -2.15. The summed E-state index contributed by atoms with van der Waals surface area (Å²) in [5.74, 6) is -1.03. The minimum atomic E-state index is -1.03. The van der Waals surface area contributed by atoms with Gasteiger partial charge >= 0.3 is 5.97 Å². The van der Waals surface area contributed by atoms with Crippen LogP contribution in [0.25, 0.3) is 0 Å². The molecule has 0 fully saturated rings. The second-order valence-electron chi connectivity index (χ2n) is 4.02. The fourth-order valence-corrected chi connectivity index (χ4v) is 2.43. The highest BCUT2D eigenvalue weighted by Gasteiger charge is 2.10. The predicted octanol–water partition coefficient (Wildman–Crippen LogP) is 1.90. The molecule has 1 N–H and O–H groups in total. The molecule has 0 bridgehead atoms. The highest BCUT2D eigenvalue weighted by Crippen LogP contribution is 2.21. The van der Waals surface area contributed by atoms with Crippen LogP contribution in [0.3, 0.4) is 0 Å². The molecule has 20 heavy (non-hydrogen) atoms. The minimum absolute atomic E-state index is 0.132. The summed E-state index contributed by atoms with van der Waals surface area (Å²) in [5, 5.41) is 9.65. The van der Waals surface area contributed by atoms with E-state index >= 15 is 0 Å². The monoisotopic (exact) mass is 291 g/mol. The first-order valence-electron chi connectivity index (χ1n) is 6.04. The molecule has 0 unspecified atom stereocenters. The van der Waals surface area contributed by atoms with Gasteiger partial charge in [0.15, 0.2) is 5.03 Å². The summed E-state index contributed by atoms with van der Waals surface area (Å²) in [4.78, 5) is 31.1. The van der Waals surface area contributed by atoms with Crippen molar-refractivity contribution in [3.05, 3.63) is 46.6 Å². The summed E-state index contributed by atoms with van der Waals surface area (Å²) in [6.07, 6.45) is 5.44. The zero-order valence-electron chi connectivity index (χ0n) is 10.8. The van der Waals surface area contributed by atoms with Gasteiger partial charge in [-0.15, -0.1) is 0 Å². The van der Waals surface area contributed by atoms with Crippen LogP contribution in [0, 0.1) is 0 Å². The molecule has 2 aromatic rings. The van der Waals surface area contributed by atoms with Gasteiger partial charge in [0.25, 0.3) is 5.56 Å². The van der Waals surface area contributed by atoms with Crippen molar-refractivity contribution in [1.82, 2.24) is 14.5 Å². The number of rotatable bonds is 5. The molecule has 104 valence electrons. The van der Waals surface area contributed by atoms with Gasteiger partial charge in [-0.25, -0.2) is 14.8 Å². The molecule has 0 saturated heterocycles. The Balaban J connectivity index is 2.30. The number of aromatic nitrogens is 3. The van der Waals surface area contributed by atoms with Crippen molar-refractivity contribution in [1.29, 1.82) is 0 Å². The van der Waals surface area contributed by atoms with E-state index in [1.165, 1.54) is 18.3 Å². The van der Waals surface area contributed by atoms with Crippen LogP contribution < -0.4 is 5.56 Å². The zero-order valence-corrected chi connectivity index (χ0v) is 11.6. The van der Waals surface area contributed by atoms with Gasteiger partial charge in [0.1, 0.15) is 5.03 Å². The molecule has 0 aliphatic rings. The Labute approximate surface area is 119 Å². The third-order valence-electron chi connectivity index (χ3n) is 2.53. The number of aromatic carboxylic acids is 1. The van der Waals surface area contributed by atoms with E-state index in [2.05, 4.69) is 9.97 Å². The maximum atomic E-state index is 12.1. The molecule has 0 amide bonds. The Morgan fingerprint density at radius 2 is 2.20 bits per heavy atom. The van der Waals surface area contributed by atoms with Crippen molar-refractivity contribution < 1.29 is 9.90 Å². The molecule has 0 saturated carbocycles. The fraction of sp³-hybridized carbons (Fsp3) is 0.231. The van der Waals surface area contributed by atoms with E-state index in [1.54, 1.807) is 17.0 Å². The molecule has 0 aliphatic carbocycles. The summed E-state index contributed by atoms with van der Waals surface area (Å²) in [6, 6.07) is 2.82. The van der Waals surface area contributed by atoms with E-state index in [9.17, 15) is 9.59 Å². The largest absolute Gasteiger partial charge is 0.478 e. The van der Waals surface area contributed by atoms with Crippen LogP contribution in [0.15, 0.2) is 45.6 Å². The van der Waals surface area contributed by atoms with Crippen molar-refractivity contribution in [3.63, 3.8) is 0 Å². The van der Waals surface area contributed by atoms with Gasteiger partial charge in [-0.05, 0) is 30.3 Å². The van der Waals surface area contributed by atoms with Crippen LogP contribution in [0.4, 0.5) is 0 Å². The van der Waals surface area contributed by atoms with Crippen molar-refractivity contribution in [2.45, 2.75) is 29.9 Å². The summed E-state index contributed by atoms with van der Waals surface area (Å²) in [5.41, 5.74) is -0.0609. The van der Waals surface area contributed by atoms with E-state index < -0.39 is 5.97 Å². The molecule has 2 rings (SSSR count). The molecule has 0 aromatic carbocycles. The van der Waals surface area contributed by atoms with Crippen LogP contribution >= 0.6 is 11.8 Å². The molecular weight excluding hydrogens is 278 g/mol. The smallest absolute Gasteiger partial charge is 0.335 e. The maximum Gasteiger partial charge on any atom is 0.335 e. The first kappa shape index (κ1) is 14.3. The third-order valence-corrected chi connectivity index (χ3v) is 3.44. The van der Waals surface area contributed by atoms with Gasteiger partial charge in [-0.1, -0.05) is 6.92 Å². The van der Waals surface area contributed by atoms with Gasteiger partial charge < -0.3 is 9.67 Å². The van der Waals surface area contributed by atoms with Crippen LogP contribution in [-0.2, 0) is 6.54 Å². The Morgan fingerprint density at radius 1 is 1.40 bits per heavy atom. The van der Waals surface area contributed by atoms with Crippen LogP contribution in [0.1, 0.15) is 23.7 Å². The van der Waals surface area contributed by atoms with E-state index in [0.29, 0.717) is 11.6 Å². The number of aryl methyl sites for hydroxylation is 1. The number of carboxylic acids is 1. The molecule has 0 spiro atoms. The number of carboxylic acid groups (broad SMARTS) is 1. The highest BCUT2D eigenvalue weighted by atomic mass is 32.2. The Morgan fingerprint density at radius 3 is 2.90 bits per heavy atom. The topological polar surface area (TPSA) is 85.1 Å². The van der Waals surface area contributed by atoms with Crippen molar-refractivity contribution >= 4 is 17.7 Å². The summed E-state index contributed by atoms with van der Waals surface area (Å²) in [6.45, 7) is 2.61. The van der Waals surface area contributed by atoms with E-state index in [4.69, 9.17) is 5.11 Å². The van der Waals surface area contributed by atoms with Crippen LogP contribution in [0.5, 0.6) is 0 Å². The lowest BCUT2D eigenvalue weighted by Crippen LogP contribution is -2.21. The van der Waals surface area contributed by atoms with E-state index in [-0.39, 0.29) is 16.1 Å². The fourth-order valence-electron chi connectivity index (χ4n) is 1.61. The van der Waals surface area contributed by atoms with Crippen LogP contribution in [-0.4, -0.2) is 25.6 Å². The maximum absolute atomic E-state index is 12.1. The SMILES string of the molecule is CCCn1ccnc(Sc2cc(C(=O)O)ccn2)c1=O. The average molecular weight is 291 g/mol. The normalized spacial score (nSPS) is 10.4. The lowest BCUT2D eigenvalue weighted by Gasteiger charge is -2.05. The number of nitrogens with zero attached hydrogens (tertiary/aromatic N) is 3. The predicted molar refractivity (Wildman–Crippen MR) is 74.1 cm³/mol. The standard InChI is InChI=1S/C13H13N3O3S/c1-2-6-16-7-5-15-11(12(16)17)20-10-8-9(13(18)19)3-4-14-10/h3-5,7-8H,2,6H2,1H3,(H,18,19). The van der Waals surface area contributed by atoms with Gasteiger partial charge in [0.05, 0.1) is 5.56 Å². The van der Waals surface area contributed by atoms with Gasteiger partial charge in [0.2, 0.25) is 0 Å². The number of pyridine rings is 1. The first-order chi connectivity index (χ1) is 9.61. The van der Waals surface area contributed by atoms with Gasteiger partial charge in [-0.3, -0.25) is 4.79 Å². The van der Waals surface area contributed by atoms with E-state index in [1.807, 2.05) is 6.92 Å². The third kappa shape index (κ3) is 3.24. The first-order valence-corrected chi connectivity index (χ1v) is 6.86. The molecule has 2 heterocycles. The van der Waals surface area contributed by atoms with Crippen molar-refractivity contribution in [2.24, 2.45) is 0 Å². The van der Waals surface area contributed by atoms with E-state index in [0.717, 1.165) is 18.2 Å². The molecule has 2 aromatic heterocycles. The molecule has 0 aliphatic heterocycles. The highest BCUT2D eigenvalue weighted by molar-refractivity contribution is 7.99. The second-order valence-corrected chi connectivity index (χ2v) is 5.03. The molecule has 6 nitrogen and oxygen atoms in total. The number of carbonyl (C=O) groups is 1. The Kier molecular flexibility index (Phi) is 4.52. The van der Waals surface area contributed by atoms with Gasteiger partial charge in [-0.2, -0.15) is 0 Å². The number of hydrogen-bond acceptors (Lipinski definition) is 5. The molecule has 0 atom stereocenters. The van der Waals surface area contributed by atoms with Gasteiger partial charge in [0, 0.05) is 25.1 Å². The van der Waals surface area contributed by atoms with Crippen LogP contribution in [0.2, 0.25) is 0 Å².